The predicted octanol–water partition coefficient (Wildman–Crippen LogP) is 3.38. The van der Waals surface area contributed by atoms with Crippen LogP contribution in [-0.2, 0) is 17.8 Å². The highest BCUT2D eigenvalue weighted by Gasteiger charge is 2.26. The van der Waals surface area contributed by atoms with Gasteiger partial charge in [-0.3, -0.25) is 9.69 Å². The molecule has 1 saturated heterocycles. The number of phenolic OH excluding ortho intramolecular Hbond substituents is 2. The van der Waals surface area contributed by atoms with Crippen molar-refractivity contribution >= 4 is 29.0 Å². The van der Waals surface area contributed by atoms with Crippen LogP contribution >= 0.6 is 17.0 Å². The van der Waals surface area contributed by atoms with Gasteiger partial charge in [0.15, 0.2) is 23.0 Å². The predicted molar refractivity (Wildman–Crippen MR) is 134 cm³/mol. The number of hydrogen-bond donors (Lipinski definition) is 2. The number of methoxy groups -OCH3 is 3. The fraction of sp³-hybridized carbons (Fsp3) is 0.400. The van der Waals surface area contributed by atoms with Crippen LogP contribution in [0.15, 0.2) is 29.8 Å². The van der Waals surface area contributed by atoms with E-state index in [1.807, 2.05) is 23.1 Å². The van der Waals surface area contributed by atoms with Crippen molar-refractivity contribution in [1.82, 2.24) is 9.80 Å². The zero-order chi connectivity index (χ0) is 23.5. The Morgan fingerprint density at radius 3 is 2.09 bits per heavy atom. The molecule has 0 unspecified atom stereocenters. The molecule has 8 nitrogen and oxygen atoms in total. The first-order chi connectivity index (χ1) is 15.9. The number of ether oxygens (including phenoxy) is 3. The maximum Gasteiger partial charge on any atom is 0.249 e. The number of aromatic hydroxyl groups is 2. The highest BCUT2D eigenvalue weighted by Crippen LogP contribution is 2.38. The minimum atomic E-state index is -0.167. The highest BCUT2D eigenvalue weighted by atomic mass is 79.9. The van der Waals surface area contributed by atoms with E-state index in [9.17, 15) is 15.0 Å². The van der Waals surface area contributed by atoms with Gasteiger partial charge in [-0.15, -0.1) is 17.0 Å². The van der Waals surface area contributed by atoms with Crippen LogP contribution in [-0.4, -0.2) is 73.4 Å². The van der Waals surface area contributed by atoms with E-state index < -0.39 is 0 Å². The number of carbonyl (C=O) groups is 1. The molecule has 9 heteroatoms. The maximum absolute atomic E-state index is 13.1. The molecule has 2 aromatic carbocycles. The molecule has 1 amide bonds. The molecule has 184 valence electrons. The van der Waals surface area contributed by atoms with Gasteiger partial charge in [0.1, 0.15) is 0 Å². The van der Waals surface area contributed by atoms with E-state index in [0.717, 1.165) is 41.9 Å². The van der Waals surface area contributed by atoms with E-state index in [1.165, 1.54) is 6.07 Å². The average molecular weight is 535 g/mol. The summed E-state index contributed by atoms with van der Waals surface area (Å²) in [6.45, 7) is 3.54. The molecule has 1 aliphatic heterocycles. The van der Waals surface area contributed by atoms with Crippen LogP contribution in [0.5, 0.6) is 28.7 Å². The number of benzene rings is 2. The number of amides is 1. The van der Waals surface area contributed by atoms with Gasteiger partial charge in [0.2, 0.25) is 11.7 Å². The number of nitrogens with zero attached hydrogens (tertiary/aromatic N) is 2. The number of rotatable bonds is 6. The van der Waals surface area contributed by atoms with Crippen molar-refractivity contribution in [3.8, 4) is 28.7 Å². The molecule has 1 fully saturated rings. The second kappa shape index (κ2) is 11.0. The molecule has 0 saturated carbocycles. The van der Waals surface area contributed by atoms with Gasteiger partial charge in [0.05, 0.1) is 21.3 Å². The summed E-state index contributed by atoms with van der Waals surface area (Å²) >= 11 is 0. The Kier molecular flexibility index (Phi) is 8.33. The number of halogens is 1. The van der Waals surface area contributed by atoms with Gasteiger partial charge in [-0.1, -0.05) is 0 Å². The Morgan fingerprint density at radius 2 is 1.50 bits per heavy atom. The minimum absolute atomic E-state index is 0. The van der Waals surface area contributed by atoms with Gasteiger partial charge in [0.25, 0.3) is 0 Å². The number of fused-ring (bicyclic) bond motifs is 1. The number of piperazine rings is 1. The summed E-state index contributed by atoms with van der Waals surface area (Å²) in [7, 11) is 4.80. The Hall–Kier alpha value is -2.91. The first kappa shape index (κ1) is 25.7. The van der Waals surface area contributed by atoms with Crippen LogP contribution < -0.4 is 14.2 Å². The summed E-state index contributed by atoms with van der Waals surface area (Å²) in [5, 5.41) is 19.5. The Balaban J connectivity index is 0.00000324. The Labute approximate surface area is 210 Å². The summed E-state index contributed by atoms with van der Waals surface area (Å²) in [6.07, 6.45) is 3.13. The molecule has 2 aromatic rings. The largest absolute Gasteiger partial charge is 0.504 e. The molecule has 2 N–H and O–H groups in total. The standard InChI is InChI=1S/C25H30N2O6.BrH/c1-31-22-10-16(11-23(32-2)24(22)33-3)15-26-6-8-27(9-7-26)25(30)18-5-4-17-13-20(28)21(29)14-19(17)12-18;/h10-14,28-29H,4-9,15H2,1-3H3;1H. The van der Waals surface area contributed by atoms with Crippen molar-refractivity contribution in [3.05, 3.63) is 46.5 Å². The van der Waals surface area contributed by atoms with E-state index in [4.69, 9.17) is 14.2 Å². The third-order valence-corrected chi connectivity index (χ3v) is 6.29. The van der Waals surface area contributed by atoms with Gasteiger partial charge in [-0.2, -0.15) is 0 Å². The van der Waals surface area contributed by atoms with Crippen molar-refractivity contribution in [2.24, 2.45) is 0 Å². The van der Waals surface area contributed by atoms with Crippen LogP contribution in [0.4, 0.5) is 0 Å². The molecule has 0 spiro atoms. The smallest absolute Gasteiger partial charge is 0.249 e. The molecule has 2 aliphatic rings. The first-order valence-electron chi connectivity index (χ1n) is 11.0. The third kappa shape index (κ3) is 5.26. The normalized spacial score (nSPS) is 15.6. The van der Waals surface area contributed by atoms with Gasteiger partial charge >= 0.3 is 0 Å². The Bertz CT molecular complexity index is 1050. The topological polar surface area (TPSA) is 91.7 Å². The highest BCUT2D eigenvalue weighted by molar-refractivity contribution is 8.93. The maximum atomic E-state index is 13.1. The monoisotopic (exact) mass is 534 g/mol. The Morgan fingerprint density at radius 1 is 0.882 bits per heavy atom. The summed E-state index contributed by atoms with van der Waals surface area (Å²) in [4.78, 5) is 17.3. The van der Waals surface area contributed by atoms with Crippen LogP contribution in [0.25, 0.3) is 6.08 Å². The van der Waals surface area contributed by atoms with Gasteiger partial charge < -0.3 is 29.3 Å². The summed E-state index contributed by atoms with van der Waals surface area (Å²) in [5.74, 6) is 1.58. The fourth-order valence-corrected chi connectivity index (χ4v) is 4.48. The van der Waals surface area contributed by atoms with Crippen LogP contribution in [0.1, 0.15) is 23.1 Å². The fourth-order valence-electron chi connectivity index (χ4n) is 4.48. The second-order valence-corrected chi connectivity index (χ2v) is 8.31. The van der Waals surface area contributed by atoms with Crippen molar-refractivity contribution < 1.29 is 29.2 Å². The molecule has 0 atom stereocenters. The summed E-state index contributed by atoms with van der Waals surface area (Å²) in [6, 6.07) is 7.00. The van der Waals surface area contributed by atoms with E-state index >= 15 is 0 Å². The molecule has 4 rings (SSSR count). The lowest BCUT2D eigenvalue weighted by Gasteiger charge is -2.35. The van der Waals surface area contributed by atoms with Crippen molar-refractivity contribution in [3.63, 3.8) is 0 Å². The second-order valence-electron chi connectivity index (χ2n) is 8.31. The zero-order valence-electron chi connectivity index (χ0n) is 19.7. The molecule has 0 aromatic heterocycles. The summed E-state index contributed by atoms with van der Waals surface area (Å²) in [5.41, 5.74) is 3.53. The van der Waals surface area contributed by atoms with E-state index in [0.29, 0.717) is 43.2 Å². The SMILES string of the molecule is Br.COc1cc(CN2CCN(C(=O)C3=Cc4cc(O)c(O)cc4CC3)CC2)cc(OC)c1OC. The van der Waals surface area contributed by atoms with E-state index in [1.54, 1.807) is 27.4 Å². The molecular formula is C25H31BrN2O6. The lowest BCUT2D eigenvalue weighted by Crippen LogP contribution is -2.48. The van der Waals surface area contributed by atoms with Crippen molar-refractivity contribution in [2.75, 3.05) is 47.5 Å². The van der Waals surface area contributed by atoms with Gasteiger partial charge in [-0.05, 0) is 59.9 Å². The first-order valence-corrected chi connectivity index (χ1v) is 11.0. The molecule has 34 heavy (non-hydrogen) atoms. The van der Waals surface area contributed by atoms with E-state index in [2.05, 4.69) is 4.90 Å². The lowest BCUT2D eigenvalue weighted by molar-refractivity contribution is -0.129. The van der Waals surface area contributed by atoms with Crippen LogP contribution in [0.2, 0.25) is 0 Å². The number of hydrogen-bond acceptors (Lipinski definition) is 7. The van der Waals surface area contributed by atoms with Crippen molar-refractivity contribution in [1.29, 1.82) is 0 Å². The van der Waals surface area contributed by atoms with E-state index in [-0.39, 0.29) is 34.4 Å². The van der Waals surface area contributed by atoms with Crippen LogP contribution in [0, 0.1) is 0 Å². The van der Waals surface area contributed by atoms with Crippen LogP contribution in [0.3, 0.4) is 0 Å². The average Bonchev–Trinajstić information content (AvgIpc) is 2.83. The minimum Gasteiger partial charge on any atom is -0.504 e. The third-order valence-electron chi connectivity index (χ3n) is 6.29. The molecule has 1 heterocycles. The molecule has 1 aliphatic carbocycles. The number of carbonyl (C=O) groups excluding carboxylic acids is 1. The summed E-state index contributed by atoms with van der Waals surface area (Å²) < 4.78 is 16.3. The zero-order valence-corrected chi connectivity index (χ0v) is 21.4. The van der Waals surface area contributed by atoms with Gasteiger partial charge in [-0.25, -0.2) is 0 Å². The van der Waals surface area contributed by atoms with Crippen molar-refractivity contribution in [2.45, 2.75) is 19.4 Å². The lowest BCUT2D eigenvalue weighted by atomic mass is 9.91. The molecule has 0 radical (unpaired) electrons. The quantitative estimate of drug-likeness (QED) is 0.549. The molecule has 0 bridgehead atoms. The van der Waals surface area contributed by atoms with Gasteiger partial charge in [0, 0.05) is 38.3 Å². The molecular weight excluding hydrogens is 504 g/mol. The number of aryl methyl sites for hydroxylation is 1. The number of phenols is 2.